The summed E-state index contributed by atoms with van der Waals surface area (Å²) >= 11 is 1.55. The van der Waals surface area contributed by atoms with Gasteiger partial charge >= 0.3 is 18.2 Å². The van der Waals surface area contributed by atoms with E-state index < -0.39 is 18.2 Å². The van der Waals surface area contributed by atoms with E-state index in [1.807, 2.05) is 5.38 Å². The maximum atomic E-state index is 12.1. The van der Waals surface area contributed by atoms with Crippen LogP contribution < -0.4 is 10.2 Å². The largest absolute Gasteiger partial charge is 0.490 e. The number of nitrogens with one attached hydrogen (secondary N) is 1. The van der Waals surface area contributed by atoms with E-state index in [0.29, 0.717) is 24.5 Å². The number of hydrogen-bond donors (Lipinski definition) is 3. The molecule has 36 heavy (non-hydrogen) atoms. The van der Waals surface area contributed by atoms with Crippen LogP contribution in [0.3, 0.4) is 0 Å². The highest BCUT2D eigenvalue weighted by Crippen LogP contribution is 2.35. The Morgan fingerprint density at radius 1 is 1.03 bits per heavy atom. The molecule has 1 aromatic heterocycles. The van der Waals surface area contributed by atoms with Gasteiger partial charge in [-0.1, -0.05) is 45.0 Å². The van der Waals surface area contributed by atoms with Gasteiger partial charge in [0.15, 0.2) is 0 Å². The van der Waals surface area contributed by atoms with Crippen molar-refractivity contribution in [1.82, 2.24) is 5.32 Å². The summed E-state index contributed by atoms with van der Waals surface area (Å²) in [7, 11) is 0. The van der Waals surface area contributed by atoms with Crippen LogP contribution in [0, 0.1) is 5.92 Å². The number of nitrogens with zero attached hydrogens (tertiary/aromatic N) is 1. The van der Waals surface area contributed by atoms with Crippen LogP contribution in [0.5, 0.6) is 0 Å². The Kier molecular flexibility index (Phi) is 8.71. The van der Waals surface area contributed by atoms with Gasteiger partial charge in [0.1, 0.15) is 5.00 Å². The smallest absolute Gasteiger partial charge is 0.475 e. The number of fused-ring (bicyclic) bond motifs is 2. The highest BCUT2D eigenvalue weighted by Gasteiger charge is 2.38. The minimum absolute atomic E-state index is 0.139. The lowest BCUT2D eigenvalue weighted by Crippen LogP contribution is -2.43. The van der Waals surface area contributed by atoms with Gasteiger partial charge in [0.05, 0.1) is 0 Å². The van der Waals surface area contributed by atoms with Crippen LogP contribution in [0.4, 0.5) is 23.0 Å². The molecule has 2 aliphatic heterocycles. The first kappa shape index (κ1) is 28.0. The number of thiophene rings is 1. The number of halogens is 3. The Morgan fingerprint density at radius 3 is 2.06 bits per heavy atom. The number of piperidine rings is 1. The van der Waals surface area contributed by atoms with Gasteiger partial charge in [-0.25, -0.2) is 9.59 Å². The first-order chi connectivity index (χ1) is 16.7. The zero-order valence-corrected chi connectivity index (χ0v) is 21.5. The van der Waals surface area contributed by atoms with Crippen molar-refractivity contribution in [3.63, 3.8) is 0 Å². The summed E-state index contributed by atoms with van der Waals surface area (Å²) < 4.78 is 31.7. The van der Waals surface area contributed by atoms with Crippen LogP contribution in [0.25, 0.3) is 0 Å². The molecule has 2 unspecified atom stereocenters. The maximum Gasteiger partial charge on any atom is 0.490 e. The van der Waals surface area contributed by atoms with E-state index in [9.17, 15) is 23.1 Å². The highest BCUT2D eigenvalue weighted by molar-refractivity contribution is 7.14. The second-order valence-corrected chi connectivity index (χ2v) is 11.4. The van der Waals surface area contributed by atoms with Crippen LogP contribution in [0.15, 0.2) is 35.7 Å². The molecule has 2 fully saturated rings. The molecule has 0 aliphatic carbocycles. The minimum atomic E-state index is -5.08. The lowest BCUT2D eigenvalue weighted by molar-refractivity contribution is -0.192. The van der Waals surface area contributed by atoms with Crippen molar-refractivity contribution >= 4 is 28.4 Å². The number of aliphatic carboxylic acids is 1. The molecule has 2 bridgehead atoms. The number of carbonyl (C=O) groups is 2. The van der Waals surface area contributed by atoms with Gasteiger partial charge in [0, 0.05) is 25.0 Å². The Hall–Kier alpha value is -2.59. The summed E-state index contributed by atoms with van der Waals surface area (Å²) in [6.07, 6.45) is -0.483. The first-order valence-electron chi connectivity index (χ1n) is 12.0. The summed E-state index contributed by atoms with van der Waals surface area (Å²) in [6.45, 7) is 7.27. The molecule has 2 aromatic rings. The average Bonchev–Trinajstić information content (AvgIpc) is 3.37. The molecule has 3 N–H and O–H groups in total. The molecule has 1 aromatic carbocycles. The number of hydrogen-bond acceptors (Lipinski definition) is 4. The van der Waals surface area contributed by atoms with Crippen molar-refractivity contribution in [2.24, 2.45) is 5.92 Å². The molecule has 0 saturated carbocycles. The maximum absolute atomic E-state index is 12.1. The monoisotopic (exact) mass is 526 g/mol. The van der Waals surface area contributed by atoms with Gasteiger partial charge in [0.25, 0.3) is 0 Å². The van der Waals surface area contributed by atoms with Gasteiger partial charge in [-0.05, 0) is 65.2 Å². The van der Waals surface area contributed by atoms with E-state index >= 15 is 0 Å². The summed E-state index contributed by atoms with van der Waals surface area (Å²) in [4.78, 5) is 22.6. The second kappa shape index (κ2) is 11.2. The summed E-state index contributed by atoms with van der Waals surface area (Å²) in [5.41, 5.74) is 3.79. The third kappa shape index (κ3) is 7.46. The van der Waals surface area contributed by atoms with E-state index in [-0.39, 0.29) is 5.41 Å². The fourth-order valence-corrected chi connectivity index (χ4v) is 5.80. The van der Waals surface area contributed by atoms with E-state index in [1.54, 1.807) is 16.2 Å². The van der Waals surface area contributed by atoms with Crippen LogP contribution in [-0.2, 0) is 16.6 Å². The predicted molar refractivity (Wildman–Crippen MR) is 134 cm³/mol. The van der Waals surface area contributed by atoms with Crippen molar-refractivity contribution < 1.29 is 33.0 Å². The van der Waals surface area contributed by atoms with E-state index in [0.717, 1.165) is 29.8 Å². The van der Waals surface area contributed by atoms with Crippen LogP contribution in [0.2, 0.25) is 0 Å². The number of benzene rings is 1. The zero-order valence-electron chi connectivity index (χ0n) is 20.6. The van der Waals surface area contributed by atoms with Crippen molar-refractivity contribution in [3.8, 4) is 0 Å². The molecule has 2 aliphatic rings. The zero-order chi connectivity index (χ0) is 26.7. The van der Waals surface area contributed by atoms with E-state index in [2.05, 4.69) is 56.4 Å². The highest BCUT2D eigenvalue weighted by atomic mass is 32.1. The van der Waals surface area contributed by atoms with Gasteiger partial charge in [-0.15, -0.1) is 11.3 Å². The molecular formula is C26H33F3N2O4S. The fourth-order valence-electron chi connectivity index (χ4n) is 4.87. The third-order valence-corrected chi connectivity index (χ3v) is 7.65. The topological polar surface area (TPSA) is 89.9 Å². The number of anilines is 1. The SMILES string of the molecule is CC(C)(C)c1ccc(Cc2ccsc2N(CC2CC3CCC(C2)N3)C(=O)O)cc1.O=C(O)C(F)(F)F. The van der Waals surface area contributed by atoms with E-state index in [1.165, 1.54) is 24.0 Å². The van der Waals surface area contributed by atoms with Crippen LogP contribution in [0.1, 0.15) is 63.1 Å². The number of amides is 1. The normalized spacial score (nSPS) is 21.4. The number of carboxylic acids is 1. The average molecular weight is 527 g/mol. The minimum Gasteiger partial charge on any atom is -0.475 e. The molecule has 4 rings (SSSR count). The Labute approximate surface area is 213 Å². The van der Waals surface area contributed by atoms with Gasteiger partial charge in [0.2, 0.25) is 0 Å². The Morgan fingerprint density at radius 2 is 1.58 bits per heavy atom. The quantitative estimate of drug-likeness (QED) is 0.426. The molecule has 0 radical (unpaired) electrons. The van der Waals surface area contributed by atoms with E-state index in [4.69, 9.17) is 9.90 Å². The summed E-state index contributed by atoms with van der Waals surface area (Å²) in [5, 5.41) is 23.7. The molecule has 6 nitrogen and oxygen atoms in total. The summed E-state index contributed by atoms with van der Waals surface area (Å²) in [5.74, 6) is -2.31. The lowest BCUT2D eigenvalue weighted by atomic mass is 9.86. The third-order valence-electron chi connectivity index (χ3n) is 6.67. The molecule has 3 heterocycles. The Balaban J connectivity index is 0.000000454. The molecule has 2 saturated heterocycles. The predicted octanol–water partition coefficient (Wildman–Crippen LogP) is 6.28. The van der Waals surface area contributed by atoms with Crippen molar-refractivity contribution in [2.45, 2.75) is 76.6 Å². The van der Waals surface area contributed by atoms with Gasteiger partial charge < -0.3 is 15.5 Å². The number of rotatable bonds is 5. The molecule has 0 spiro atoms. The fraction of sp³-hybridized carbons (Fsp3) is 0.538. The van der Waals surface area contributed by atoms with Gasteiger partial charge in [-0.3, -0.25) is 4.90 Å². The molecule has 198 valence electrons. The molecule has 1 amide bonds. The van der Waals surface area contributed by atoms with Gasteiger partial charge in [-0.2, -0.15) is 13.2 Å². The molecule has 10 heteroatoms. The lowest BCUT2D eigenvalue weighted by Gasteiger charge is -2.32. The van der Waals surface area contributed by atoms with Crippen LogP contribution in [-0.4, -0.2) is 47.1 Å². The summed E-state index contributed by atoms with van der Waals surface area (Å²) in [6, 6.07) is 12.0. The standard InChI is InChI=1S/C24H32N2O2S.C2HF3O2/c1-24(2,3)19-6-4-16(5-7-19)12-18-10-11-29-22(18)26(23(27)28)15-17-13-20-8-9-21(14-17)25-20;3-2(4,5)1(6)7/h4-7,10-11,17,20-21,25H,8-9,12-15H2,1-3H3,(H,27,28);(H,6,7). The molecular weight excluding hydrogens is 493 g/mol. The van der Waals surface area contributed by atoms with Crippen LogP contribution >= 0.6 is 11.3 Å². The van der Waals surface area contributed by atoms with Crippen molar-refractivity contribution in [3.05, 3.63) is 52.4 Å². The number of carboxylic acid groups (broad SMARTS) is 2. The van der Waals surface area contributed by atoms with Crippen molar-refractivity contribution in [2.75, 3.05) is 11.4 Å². The second-order valence-electron chi connectivity index (χ2n) is 10.5. The molecule has 2 atom stereocenters. The number of alkyl halides is 3. The Bertz CT molecular complexity index is 1030. The van der Waals surface area contributed by atoms with Crippen molar-refractivity contribution in [1.29, 1.82) is 0 Å². The first-order valence-corrected chi connectivity index (χ1v) is 12.8.